The van der Waals surface area contributed by atoms with E-state index in [0.717, 1.165) is 16.7 Å². The predicted octanol–water partition coefficient (Wildman–Crippen LogP) is 12.0. The number of hydrogen-bond donors (Lipinski definition) is 0. The van der Waals surface area contributed by atoms with E-state index in [9.17, 15) is 14.4 Å². The highest BCUT2D eigenvalue weighted by Gasteiger charge is 2.41. The summed E-state index contributed by atoms with van der Waals surface area (Å²) in [5.74, 6) is 1.95. The first-order valence-electron chi connectivity index (χ1n) is 17.6. The summed E-state index contributed by atoms with van der Waals surface area (Å²) in [4.78, 5) is 40.4. The molecule has 0 saturated carbocycles. The molecule has 0 N–H and O–H groups in total. The molecule has 3 aliphatic rings. The van der Waals surface area contributed by atoms with E-state index in [1.54, 1.807) is 0 Å². The highest BCUT2D eigenvalue weighted by Crippen LogP contribution is 2.55. The molecule has 49 heavy (non-hydrogen) atoms. The van der Waals surface area contributed by atoms with Gasteiger partial charge in [-0.15, -0.1) is 0 Å². The van der Waals surface area contributed by atoms with Crippen molar-refractivity contribution in [2.24, 2.45) is 32.5 Å². The van der Waals surface area contributed by atoms with Crippen LogP contribution in [0.3, 0.4) is 0 Å². The maximum atomic E-state index is 13.5. The summed E-state index contributed by atoms with van der Waals surface area (Å²) in [6.45, 7) is 37.0. The lowest BCUT2D eigenvalue weighted by molar-refractivity contribution is -0.117. The van der Waals surface area contributed by atoms with E-state index < -0.39 is 24.8 Å². The number of rotatable bonds is 6. The van der Waals surface area contributed by atoms with Gasteiger partial charge in [-0.2, -0.15) is 0 Å². The van der Waals surface area contributed by atoms with Crippen LogP contribution in [0.1, 0.15) is 144 Å². The molecule has 0 atom stereocenters. The topological polar surface area (TPSA) is 78.9 Å². The van der Waals surface area contributed by atoms with Crippen LogP contribution in [0, 0.1) is 32.5 Å². The summed E-state index contributed by atoms with van der Waals surface area (Å²) in [6.07, 6.45) is 6.32. The Morgan fingerprint density at radius 3 is 0.755 bits per heavy atom. The molecular weight excluding hydrogens is 631 g/mol. The van der Waals surface area contributed by atoms with Gasteiger partial charge in [-0.05, 0) is 67.4 Å². The van der Waals surface area contributed by atoms with E-state index in [1.807, 2.05) is 80.5 Å². The molecule has 0 aromatic rings. The fraction of sp³-hybridized carbons (Fsp3) is 0.643. The highest BCUT2D eigenvalue weighted by atomic mass is 31.2. The third-order valence-electron chi connectivity index (χ3n) is 9.29. The lowest BCUT2D eigenvalue weighted by atomic mass is 9.74. The molecule has 0 fully saturated rings. The molecule has 3 rings (SSSR count). The van der Waals surface area contributed by atoms with Gasteiger partial charge >= 0.3 is 8.60 Å². The van der Waals surface area contributed by atoms with E-state index in [0.29, 0.717) is 34.0 Å². The molecule has 3 aliphatic carbocycles. The van der Waals surface area contributed by atoms with Crippen LogP contribution in [-0.2, 0) is 28.0 Å². The first-order valence-corrected chi connectivity index (χ1v) is 18.7. The molecule has 0 unspecified atom stereocenters. The van der Waals surface area contributed by atoms with Gasteiger partial charge in [0.15, 0.2) is 17.3 Å². The lowest BCUT2D eigenvalue weighted by Crippen LogP contribution is -2.27. The Bertz CT molecular complexity index is 1390. The molecular formula is C42H63O6P. The van der Waals surface area contributed by atoms with E-state index in [1.165, 1.54) is 0 Å². The molecule has 0 heterocycles. The quantitative estimate of drug-likeness (QED) is 0.258. The van der Waals surface area contributed by atoms with Gasteiger partial charge in [-0.25, -0.2) is 0 Å². The van der Waals surface area contributed by atoms with Crippen LogP contribution in [-0.4, -0.2) is 17.3 Å². The molecule has 272 valence electrons. The zero-order valence-corrected chi connectivity index (χ0v) is 34.6. The summed E-state index contributed by atoms with van der Waals surface area (Å²) < 4.78 is 20.7. The van der Waals surface area contributed by atoms with E-state index in [-0.39, 0.29) is 52.9 Å². The molecule has 0 amide bonds. The van der Waals surface area contributed by atoms with Crippen LogP contribution in [0.25, 0.3) is 0 Å². The van der Waals surface area contributed by atoms with Crippen LogP contribution in [0.5, 0.6) is 0 Å². The Morgan fingerprint density at radius 2 is 0.592 bits per heavy atom. The smallest absolute Gasteiger partial charge is 0.409 e. The standard InChI is InChI=1S/C42H63O6P/c1-37(2,3)25-22-34(28(19-31(25)43)40(10,11)12)46-49(47-35-23-26(38(4,5)6)32(44)20-29(35)41(13,14)15)48-36-24-27(39(7,8)9)33(45)21-30(36)42(16,17)18/h22-24H,19-21H2,1-18H3. The van der Waals surface area contributed by atoms with Crippen molar-refractivity contribution in [3.63, 3.8) is 0 Å². The average molecular weight is 695 g/mol. The SMILES string of the molecule is CC(C)(C)C1=CC(OP(OC2=C(C(C)(C)C)CC(=O)C(C(C)(C)C)=C2)OC2=C(C(C)(C)C)CC(=O)C(C(C)(C)C)=C2)=C(C(C)(C)C)CC1=O. The number of hydrogen-bond acceptors (Lipinski definition) is 6. The van der Waals surface area contributed by atoms with Crippen molar-refractivity contribution in [1.82, 2.24) is 0 Å². The Kier molecular flexibility index (Phi) is 11.2. The Balaban J connectivity index is 2.36. The summed E-state index contributed by atoms with van der Waals surface area (Å²) in [7, 11) is -2.20. The monoisotopic (exact) mass is 694 g/mol. The van der Waals surface area contributed by atoms with Gasteiger partial charge in [-0.1, -0.05) is 125 Å². The lowest BCUT2D eigenvalue weighted by Gasteiger charge is -2.36. The van der Waals surface area contributed by atoms with Crippen molar-refractivity contribution in [2.75, 3.05) is 0 Å². The second kappa shape index (κ2) is 13.4. The third-order valence-corrected chi connectivity index (χ3v) is 10.3. The fourth-order valence-corrected chi connectivity index (χ4v) is 7.36. The van der Waals surface area contributed by atoms with Gasteiger partial charge < -0.3 is 13.6 Å². The van der Waals surface area contributed by atoms with Crippen molar-refractivity contribution in [1.29, 1.82) is 0 Å². The van der Waals surface area contributed by atoms with E-state index in [4.69, 9.17) is 13.6 Å². The minimum atomic E-state index is -2.20. The Hall–Kier alpha value is -2.72. The second-order valence-electron chi connectivity index (χ2n) is 20.0. The van der Waals surface area contributed by atoms with Gasteiger partial charge in [0.25, 0.3) is 0 Å². The van der Waals surface area contributed by atoms with Crippen molar-refractivity contribution in [3.05, 3.63) is 68.9 Å². The zero-order valence-electron chi connectivity index (χ0n) is 33.8. The third kappa shape index (κ3) is 9.75. The highest BCUT2D eigenvalue weighted by molar-refractivity contribution is 7.42. The molecule has 0 radical (unpaired) electrons. The van der Waals surface area contributed by atoms with Crippen molar-refractivity contribution < 1.29 is 28.0 Å². The molecule has 0 bridgehead atoms. The number of carbonyl (C=O) groups is 3. The molecule has 0 aromatic carbocycles. The van der Waals surface area contributed by atoms with Crippen molar-refractivity contribution in [2.45, 2.75) is 144 Å². The summed E-state index contributed by atoms with van der Waals surface area (Å²) in [6, 6.07) is 0. The van der Waals surface area contributed by atoms with Gasteiger partial charge in [0.05, 0.1) is 0 Å². The Morgan fingerprint density at radius 1 is 0.388 bits per heavy atom. The van der Waals surface area contributed by atoms with Crippen LogP contribution in [0.2, 0.25) is 0 Å². The van der Waals surface area contributed by atoms with Gasteiger partial charge in [0.1, 0.15) is 17.3 Å². The largest absolute Gasteiger partial charge is 0.530 e. The van der Waals surface area contributed by atoms with Crippen LogP contribution >= 0.6 is 8.60 Å². The summed E-state index contributed by atoms with van der Waals surface area (Å²) in [5.41, 5.74) is 2.37. The van der Waals surface area contributed by atoms with E-state index >= 15 is 0 Å². The van der Waals surface area contributed by atoms with Crippen molar-refractivity contribution >= 4 is 26.0 Å². The first-order chi connectivity index (χ1) is 21.8. The maximum Gasteiger partial charge on any atom is 0.530 e. The molecule has 0 spiro atoms. The van der Waals surface area contributed by atoms with E-state index in [2.05, 4.69) is 62.3 Å². The summed E-state index contributed by atoms with van der Waals surface area (Å²) >= 11 is 0. The molecule has 7 heteroatoms. The molecule has 0 saturated heterocycles. The Labute approximate surface area is 298 Å². The first kappa shape index (κ1) is 40.7. The van der Waals surface area contributed by atoms with Crippen molar-refractivity contribution in [3.8, 4) is 0 Å². The number of ketones is 3. The second-order valence-corrected chi connectivity index (χ2v) is 21.0. The zero-order chi connectivity index (χ0) is 37.9. The minimum absolute atomic E-state index is 0.0819. The number of carbonyl (C=O) groups excluding carboxylic acids is 3. The predicted molar refractivity (Wildman–Crippen MR) is 201 cm³/mol. The minimum Gasteiger partial charge on any atom is -0.409 e. The molecule has 0 aliphatic heterocycles. The molecule has 6 nitrogen and oxygen atoms in total. The van der Waals surface area contributed by atoms with Crippen LogP contribution in [0.4, 0.5) is 0 Å². The van der Waals surface area contributed by atoms with Crippen LogP contribution in [0.15, 0.2) is 68.9 Å². The number of allylic oxidation sites excluding steroid dienone is 9. The fourth-order valence-electron chi connectivity index (χ4n) is 6.27. The average Bonchev–Trinajstić information content (AvgIpc) is 2.87. The summed E-state index contributed by atoms with van der Waals surface area (Å²) in [5, 5.41) is 0. The van der Waals surface area contributed by atoms with Crippen LogP contribution < -0.4 is 0 Å². The maximum absolute atomic E-state index is 13.5. The van der Waals surface area contributed by atoms with Gasteiger partial charge in [0, 0.05) is 36.0 Å². The number of Topliss-reactive ketones (excluding diaryl/α,β-unsaturated/α-hetero) is 3. The van der Waals surface area contributed by atoms with Gasteiger partial charge in [-0.3, -0.25) is 14.4 Å². The normalized spacial score (nSPS) is 19.4. The molecule has 0 aromatic heterocycles. The van der Waals surface area contributed by atoms with Gasteiger partial charge in [0.2, 0.25) is 0 Å².